The van der Waals surface area contributed by atoms with Crippen molar-refractivity contribution in [2.45, 2.75) is 37.8 Å². The second-order valence-corrected chi connectivity index (χ2v) is 4.71. The third-order valence-corrected chi connectivity index (χ3v) is 3.86. The summed E-state index contributed by atoms with van der Waals surface area (Å²) in [6.07, 6.45) is 5.18. The zero-order valence-corrected chi connectivity index (χ0v) is 9.02. The van der Waals surface area contributed by atoms with Crippen molar-refractivity contribution < 1.29 is 0 Å². The van der Waals surface area contributed by atoms with Gasteiger partial charge in [-0.15, -0.1) is 0 Å². The lowest BCUT2D eigenvalue weighted by Gasteiger charge is -2.39. The van der Waals surface area contributed by atoms with Gasteiger partial charge < -0.3 is 10.6 Å². The SMILES string of the molecule is NCC1CCCC2Cc3ccccc3N12. The van der Waals surface area contributed by atoms with Crippen LogP contribution >= 0.6 is 0 Å². The van der Waals surface area contributed by atoms with Crippen LogP contribution in [0.2, 0.25) is 0 Å². The molecule has 15 heavy (non-hydrogen) atoms. The van der Waals surface area contributed by atoms with Crippen LogP contribution in [0.1, 0.15) is 24.8 Å². The summed E-state index contributed by atoms with van der Waals surface area (Å²) < 4.78 is 0. The first-order chi connectivity index (χ1) is 7.40. The zero-order valence-electron chi connectivity index (χ0n) is 9.02. The molecule has 1 aromatic rings. The van der Waals surface area contributed by atoms with Crippen molar-refractivity contribution in [3.63, 3.8) is 0 Å². The molecule has 2 aliphatic rings. The molecular formula is C13H18N2. The van der Waals surface area contributed by atoms with E-state index in [1.54, 1.807) is 0 Å². The molecule has 2 nitrogen and oxygen atoms in total. The van der Waals surface area contributed by atoms with Crippen LogP contribution in [0.5, 0.6) is 0 Å². The fourth-order valence-corrected chi connectivity index (χ4v) is 3.18. The maximum Gasteiger partial charge on any atom is 0.0415 e. The van der Waals surface area contributed by atoms with Crippen molar-refractivity contribution in [3.8, 4) is 0 Å². The molecule has 0 bridgehead atoms. The second kappa shape index (κ2) is 3.53. The number of hydrogen-bond acceptors (Lipinski definition) is 2. The van der Waals surface area contributed by atoms with E-state index < -0.39 is 0 Å². The van der Waals surface area contributed by atoms with E-state index in [1.807, 2.05) is 0 Å². The summed E-state index contributed by atoms with van der Waals surface area (Å²) in [4.78, 5) is 2.58. The van der Waals surface area contributed by atoms with Gasteiger partial charge in [-0.05, 0) is 37.3 Å². The number of rotatable bonds is 1. The minimum atomic E-state index is 0.576. The van der Waals surface area contributed by atoms with Crippen LogP contribution in [-0.2, 0) is 6.42 Å². The maximum atomic E-state index is 5.87. The van der Waals surface area contributed by atoms with Gasteiger partial charge in [-0.25, -0.2) is 0 Å². The quantitative estimate of drug-likeness (QED) is 0.754. The molecule has 0 amide bonds. The van der Waals surface area contributed by atoms with Crippen LogP contribution in [0.15, 0.2) is 24.3 Å². The van der Waals surface area contributed by atoms with Crippen molar-refractivity contribution in [1.29, 1.82) is 0 Å². The van der Waals surface area contributed by atoms with E-state index in [-0.39, 0.29) is 0 Å². The topological polar surface area (TPSA) is 29.3 Å². The van der Waals surface area contributed by atoms with Crippen molar-refractivity contribution in [2.75, 3.05) is 11.4 Å². The molecule has 1 aromatic carbocycles. The van der Waals surface area contributed by atoms with E-state index in [9.17, 15) is 0 Å². The number of nitrogens with zero attached hydrogens (tertiary/aromatic N) is 1. The molecule has 2 unspecified atom stereocenters. The van der Waals surface area contributed by atoms with Crippen LogP contribution in [-0.4, -0.2) is 18.6 Å². The molecule has 0 radical (unpaired) electrons. The van der Waals surface area contributed by atoms with Crippen molar-refractivity contribution in [1.82, 2.24) is 0 Å². The van der Waals surface area contributed by atoms with E-state index >= 15 is 0 Å². The highest BCUT2D eigenvalue weighted by molar-refractivity contribution is 5.60. The van der Waals surface area contributed by atoms with Gasteiger partial charge in [0.2, 0.25) is 0 Å². The fraction of sp³-hybridized carbons (Fsp3) is 0.538. The van der Waals surface area contributed by atoms with Crippen LogP contribution < -0.4 is 10.6 Å². The van der Waals surface area contributed by atoms with E-state index in [0.29, 0.717) is 6.04 Å². The van der Waals surface area contributed by atoms with E-state index in [0.717, 1.165) is 12.6 Å². The smallest absolute Gasteiger partial charge is 0.0415 e. The predicted molar refractivity (Wildman–Crippen MR) is 63.1 cm³/mol. The lowest BCUT2D eigenvalue weighted by atomic mass is 9.96. The number of piperidine rings is 1. The Balaban J connectivity index is 1.99. The minimum Gasteiger partial charge on any atom is -0.364 e. The molecule has 80 valence electrons. The van der Waals surface area contributed by atoms with Gasteiger partial charge in [-0.2, -0.15) is 0 Å². The first kappa shape index (κ1) is 9.22. The second-order valence-electron chi connectivity index (χ2n) is 4.71. The summed E-state index contributed by atoms with van der Waals surface area (Å²) in [5.41, 5.74) is 8.83. The fourth-order valence-electron chi connectivity index (χ4n) is 3.18. The Morgan fingerprint density at radius 1 is 1.27 bits per heavy atom. The molecule has 0 aliphatic carbocycles. The summed E-state index contributed by atoms with van der Waals surface area (Å²) in [6.45, 7) is 0.796. The van der Waals surface area contributed by atoms with Gasteiger partial charge in [0.05, 0.1) is 0 Å². The minimum absolute atomic E-state index is 0.576. The molecule has 2 aliphatic heterocycles. The van der Waals surface area contributed by atoms with Crippen molar-refractivity contribution in [3.05, 3.63) is 29.8 Å². The highest BCUT2D eigenvalue weighted by Gasteiger charge is 2.35. The summed E-state index contributed by atoms with van der Waals surface area (Å²) in [5.74, 6) is 0. The Morgan fingerprint density at radius 3 is 3.00 bits per heavy atom. The third-order valence-electron chi connectivity index (χ3n) is 3.86. The van der Waals surface area contributed by atoms with Gasteiger partial charge in [-0.1, -0.05) is 18.2 Å². The first-order valence-corrected chi connectivity index (χ1v) is 5.96. The monoisotopic (exact) mass is 202 g/mol. The number of para-hydroxylation sites is 1. The normalized spacial score (nSPS) is 28.7. The predicted octanol–water partition coefficient (Wildman–Crippen LogP) is 1.93. The van der Waals surface area contributed by atoms with E-state index in [4.69, 9.17) is 5.73 Å². The number of hydrogen-bond donors (Lipinski definition) is 1. The highest BCUT2D eigenvalue weighted by atomic mass is 15.2. The first-order valence-electron chi connectivity index (χ1n) is 5.96. The molecule has 1 saturated heterocycles. The molecule has 2 atom stereocenters. The Hall–Kier alpha value is -1.02. The van der Waals surface area contributed by atoms with E-state index in [2.05, 4.69) is 29.2 Å². The van der Waals surface area contributed by atoms with Crippen LogP contribution in [0, 0.1) is 0 Å². The molecule has 2 heteroatoms. The summed E-state index contributed by atoms with van der Waals surface area (Å²) in [6, 6.07) is 10.1. The number of nitrogens with two attached hydrogens (primary N) is 1. The lowest BCUT2D eigenvalue weighted by molar-refractivity contribution is 0.399. The van der Waals surface area contributed by atoms with Gasteiger partial charge >= 0.3 is 0 Å². The summed E-state index contributed by atoms with van der Waals surface area (Å²) in [7, 11) is 0. The number of anilines is 1. The van der Waals surface area contributed by atoms with Crippen LogP contribution in [0.4, 0.5) is 5.69 Å². The van der Waals surface area contributed by atoms with Crippen molar-refractivity contribution in [2.24, 2.45) is 5.73 Å². The van der Waals surface area contributed by atoms with Crippen LogP contribution in [0.25, 0.3) is 0 Å². The molecule has 0 saturated carbocycles. The average molecular weight is 202 g/mol. The molecule has 3 rings (SSSR count). The van der Waals surface area contributed by atoms with Gasteiger partial charge in [-0.3, -0.25) is 0 Å². The molecule has 0 spiro atoms. The third kappa shape index (κ3) is 1.36. The van der Waals surface area contributed by atoms with Crippen LogP contribution in [0.3, 0.4) is 0 Å². The molecule has 2 heterocycles. The van der Waals surface area contributed by atoms with Gasteiger partial charge in [0.15, 0.2) is 0 Å². The van der Waals surface area contributed by atoms with Gasteiger partial charge in [0.1, 0.15) is 0 Å². The Kier molecular flexibility index (Phi) is 2.17. The molecule has 0 aromatic heterocycles. The number of fused-ring (bicyclic) bond motifs is 3. The summed E-state index contributed by atoms with van der Waals surface area (Å²) >= 11 is 0. The van der Waals surface area contributed by atoms with Gasteiger partial charge in [0, 0.05) is 24.3 Å². The molecular weight excluding hydrogens is 184 g/mol. The molecule has 2 N–H and O–H groups in total. The zero-order chi connectivity index (χ0) is 10.3. The maximum absolute atomic E-state index is 5.87. The summed E-state index contributed by atoms with van der Waals surface area (Å²) in [5, 5.41) is 0. The molecule has 1 fully saturated rings. The highest BCUT2D eigenvalue weighted by Crippen LogP contribution is 2.39. The van der Waals surface area contributed by atoms with Gasteiger partial charge in [0.25, 0.3) is 0 Å². The Labute approximate surface area is 91.1 Å². The largest absolute Gasteiger partial charge is 0.364 e. The van der Waals surface area contributed by atoms with Crippen molar-refractivity contribution >= 4 is 5.69 Å². The lowest BCUT2D eigenvalue weighted by Crippen LogP contribution is -2.48. The standard InChI is InChI=1S/C13H18N2/c14-9-12-6-3-5-11-8-10-4-1-2-7-13(10)15(11)12/h1-2,4,7,11-12H,3,5-6,8-9,14H2. The average Bonchev–Trinajstić information content (AvgIpc) is 2.67. The van der Waals surface area contributed by atoms with E-state index in [1.165, 1.54) is 36.9 Å². The Morgan fingerprint density at radius 2 is 2.13 bits per heavy atom. The Bertz CT molecular complexity index is 355. The number of benzene rings is 1.